The molecule has 2 saturated carbocycles. The lowest BCUT2D eigenvalue weighted by Crippen LogP contribution is -2.19. The van der Waals surface area contributed by atoms with Crippen LogP contribution in [0.15, 0.2) is 12.4 Å². The Bertz CT molecular complexity index is 321. The van der Waals surface area contributed by atoms with Gasteiger partial charge in [-0.1, -0.05) is 0 Å². The van der Waals surface area contributed by atoms with Gasteiger partial charge in [-0.2, -0.15) is 0 Å². The predicted octanol–water partition coefficient (Wildman–Crippen LogP) is 2.11. The second kappa shape index (κ2) is 3.01. The third kappa shape index (κ3) is 1.31. The highest BCUT2D eigenvalue weighted by Gasteiger charge is 2.45. The van der Waals surface area contributed by atoms with E-state index in [1.807, 2.05) is 12.4 Å². The van der Waals surface area contributed by atoms with Crippen LogP contribution < -0.4 is 5.32 Å². The maximum atomic E-state index is 4.34. The molecule has 1 N–H and O–H groups in total. The average Bonchev–Trinajstić information content (AvgIpc) is 2.66. The Kier molecular flexibility index (Phi) is 1.79. The highest BCUT2D eigenvalue weighted by Crippen LogP contribution is 2.52. The summed E-state index contributed by atoms with van der Waals surface area (Å²) in [5.74, 6) is 3.13. The summed E-state index contributed by atoms with van der Waals surface area (Å²) in [5, 5.41) is 3.55. The molecular formula is C11H17N3. The molecule has 2 atom stereocenters. The quantitative estimate of drug-likeness (QED) is 0.793. The lowest BCUT2D eigenvalue weighted by atomic mass is 10.2. The minimum atomic E-state index is 0.687. The standard InChI is InChI=1S/C11H17N3/c1-2-14-4-3-12-11(14)13-10-6-8-5-9(8)7-10/h3-4,8-10H,2,5-7H2,1H3,(H,12,13). The van der Waals surface area contributed by atoms with Crippen molar-refractivity contribution in [2.24, 2.45) is 11.8 Å². The number of anilines is 1. The maximum absolute atomic E-state index is 4.34. The van der Waals surface area contributed by atoms with Crippen molar-refractivity contribution in [3.63, 3.8) is 0 Å². The van der Waals surface area contributed by atoms with Gasteiger partial charge < -0.3 is 9.88 Å². The summed E-state index contributed by atoms with van der Waals surface area (Å²) < 4.78 is 2.17. The zero-order valence-electron chi connectivity index (χ0n) is 8.61. The van der Waals surface area contributed by atoms with E-state index in [0.717, 1.165) is 24.3 Å². The van der Waals surface area contributed by atoms with E-state index in [-0.39, 0.29) is 0 Å². The summed E-state index contributed by atoms with van der Waals surface area (Å²) in [7, 11) is 0. The van der Waals surface area contributed by atoms with Gasteiger partial charge in [0.25, 0.3) is 0 Å². The summed E-state index contributed by atoms with van der Waals surface area (Å²) in [6.45, 7) is 3.15. The van der Waals surface area contributed by atoms with Crippen molar-refractivity contribution in [3.05, 3.63) is 12.4 Å². The zero-order valence-corrected chi connectivity index (χ0v) is 8.61. The molecule has 0 aromatic carbocycles. The Labute approximate surface area is 84.5 Å². The summed E-state index contributed by atoms with van der Waals surface area (Å²) >= 11 is 0. The van der Waals surface area contributed by atoms with Gasteiger partial charge in [0.1, 0.15) is 0 Å². The summed E-state index contributed by atoms with van der Waals surface area (Å²) in [5.41, 5.74) is 0. The summed E-state index contributed by atoms with van der Waals surface area (Å²) in [4.78, 5) is 4.34. The van der Waals surface area contributed by atoms with Crippen LogP contribution in [0.2, 0.25) is 0 Å². The normalized spacial score (nSPS) is 34.2. The minimum absolute atomic E-state index is 0.687. The smallest absolute Gasteiger partial charge is 0.202 e. The van der Waals surface area contributed by atoms with Gasteiger partial charge >= 0.3 is 0 Å². The molecule has 3 nitrogen and oxygen atoms in total. The van der Waals surface area contributed by atoms with E-state index < -0.39 is 0 Å². The number of hydrogen-bond donors (Lipinski definition) is 1. The van der Waals surface area contributed by atoms with E-state index >= 15 is 0 Å². The van der Waals surface area contributed by atoms with Crippen LogP contribution in [-0.4, -0.2) is 15.6 Å². The molecule has 1 heterocycles. The van der Waals surface area contributed by atoms with Crippen LogP contribution in [0, 0.1) is 11.8 Å². The molecule has 14 heavy (non-hydrogen) atoms. The van der Waals surface area contributed by atoms with E-state index in [1.165, 1.54) is 19.3 Å². The number of rotatable bonds is 3. The molecule has 2 aliphatic rings. The van der Waals surface area contributed by atoms with E-state index in [2.05, 4.69) is 21.8 Å². The molecular weight excluding hydrogens is 174 g/mol. The highest BCUT2D eigenvalue weighted by molar-refractivity contribution is 5.29. The highest BCUT2D eigenvalue weighted by atomic mass is 15.2. The minimum Gasteiger partial charge on any atom is -0.353 e. The first kappa shape index (κ1) is 8.33. The second-order valence-corrected chi connectivity index (χ2v) is 4.61. The van der Waals surface area contributed by atoms with Crippen molar-refractivity contribution >= 4 is 5.95 Å². The Morgan fingerprint density at radius 2 is 2.21 bits per heavy atom. The number of hydrogen-bond acceptors (Lipinski definition) is 2. The SMILES string of the molecule is CCn1ccnc1NC1CC2CC2C1. The van der Waals surface area contributed by atoms with Crippen molar-refractivity contribution in [2.45, 2.75) is 38.8 Å². The molecule has 2 unspecified atom stereocenters. The molecule has 2 fully saturated rings. The summed E-state index contributed by atoms with van der Waals surface area (Å²) in [6, 6.07) is 0.687. The number of nitrogens with one attached hydrogen (secondary N) is 1. The van der Waals surface area contributed by atoms with Gasteiger partial charge in [0.15, 0.2) is 0 Å². The number of nitrogens with zero attached hydrogens (tertiary/aromatic N) is 2. The van der Waals surface area contributed by atoms with Crippen molar-refractivity contribution < 1.29 is 0 Å². The van der Waals surface area contributed by atoms with Gasteiger partial charge in [-0.05, 0) is 38.0 Å². The first-order chi connectivity index (χ1) is 6.86. The van der Waals surface area contributed by atoms with Gasteiger partial charge in [0.2, 0.25) is 5.95 Å². The molecule has 2 aliphatic carbocycles. The molecule has 0 bridgehead atoms. The Morgan fingerprint density at radius 3 is 2.93 bits per heavy atom. The van der Waals surface area contributed by atoms with Gasteiger partial charge in [-0.3, -0.25) is 0 Å². The van der Waals surface area contributed by atoms with Crippen molar-refractivity contribution in [3.8, 4) is 0 Å². The van der Waals surface area contributed by atoms with Crippen LogP contribution in [0.25, 0.3) is 0 Å². The fourth-order valence-electron chi connectivity index (χ4n) is 2.72. The number of aryl methyl sites for hydroxylation is 1. The monoisotopic (exact) mass is 191 g/mol. The van der Waals surface area contributed by atoms with E-state index in [9.17, 15) is 0 Å². The molecule has 76 valence electrons. The van der Waals surface area contributed by atoms with Crippen molar-refractivity contribution in [1.82, 2.24) is 9.55 Å². The average molecular weight is 191 g/mol. The number of imidazole rings is 1. The fraction of sp³-hybridized carbons (Fsp3) is 0.727. The van der Waals surface area contributed by atoms with Gasteiger partial charge in [-0.15, -0.1) is 0 Å². The molecule has 0 aliphatic heterocycles. The van der Waals surface area contributed by atoms with Crippen LogP contribution in [0.5, 0.6) is 0 Å². The van der Waals surface area contributed by atoms with Crippen LogP contribution in [-0.2, 0) is 6.54 Å². The number of aromatic nitrogens is 2. The molecule has 0 amide bonds. The fourth-order valence-corrected chi connectivity index (χ4v) is 2.72. The Morgan fingerprint density at radius 1 is 1.43 bits per heavy atom. The van der Waals surface area contributed by atoms with Crippen LogP contribution in [0.4, 0.5) is 5.95 Å². The van der Waals surface area contributed by atoms with Gasteiger partial charge in [-0.25, -0.2) is 4.98 Å². The number of fused-ring (bicyclic) bond motifs is 1. The molecule has 0 saturated heterocycles. The zero-order chi connectivity index (χ0) is 9.54. The van der Waals surface area contributed by atoms with E-state index in [0.29, 0.717) is 6.04 Å². The van der Waals surface area contributed by atoms with E-state index in [1.54, 1.807) is 0 Å². The molecule has 3 heteroatoms. The van der Waals surface area contributed by atoms with Gasteiger partial charge in [0, 0.05) is 25.0 Å². The lowest BCUT2D eigenvalue weighted by Gasteiger charge is -2.15. The summed E-state index contributed by atoms with van der Waals surface area (Å²) in [6.07, 6.45) is 8.13. The molecule has 0 radical (unpaired) electrons. The van der Waals surface area contributed by atoms with Gasteiger partial charge in [0.05, 0.1) is 0 Å². The molecule has 0 spiro atoms. The largest absolute Gasteiger partial charge is 0.353 e. The molecule has 1 aromatic rings. The third-order valence-corrected chi connectivity index (χ3v) is 3.63. The first-order valence-corrected chi connectivity index (χ1v) is 5.64. The van der Waals surface area contributed by atoms with Crippen molar-refractivity contribution in [2.75, 3.05) is 5.32 Å². The lowest BCUT2D eigenvalue weighted by molar-refractivity contribution is 0.634. The van der Waals surface area contributed by atoms with E-state index in [4.69, 9.17) is 0 Å². The topological polar surface area (TPSA) is 29.9 Å². The van der Waals surface area contributed by atoms with Crippen LogP contribution in [0.1, 0.15) is 26.2 Å². The Hall–Kier alpha value is -0.990. The van der Waals surface area contributed by atoms with Crippen LogP contribution >= 0.6 is 0 Å². The van der Waals surface area contributed by atoms with Crippen molar-refractivity contribution in [1.29, 1.82) is 0 Å². The third-order valence-electron chi connectivity index (χ3n) is 3.63. The van der Waals surface area contributed by atoms with Crippen LogP contribution in [0.3, 0.4) is 0 Å². The maximum Gasteiger partial charge on any atom is 0.202 e. The molecule has 1 aromatic heterocycles. The second-order valence-electron chi connectivity index (χ2n) is 4.61. The molecule has 3 rings (SSSR count). The Balaban J connectivity index is 1.66. The first-order valence-electron chi connectivity index (χ1n) is 5.64. The predicted molar refractivity (Wildman–Crippen MR) is 56.1 cm³/mol.